The first kappa shape index (κ1) is 28.0. The Morgan fingerprint density at radius 1 is 1.08 bits per heavy atom. The molecule has 0 aliphatic carbocycles. The summed E-state index contributed by atoms with van der Waals surface area (Å²) in [5.41, 5.74) is 0.380. The van der Waals surface area contributed by atoms with Crippen molar-refractivity contribution in [2.45, 2.75) is 26.4 Å². The van der Waals surface area contributed by atoms with Gasteiger partial charge in [0.1, 0.15) is 17.2 Å². The molecule has 3 aromatic rings. The summed E-state index contributed by atoms with van der Waals surface area (Å²) >= 11 is 6.11. The van der Waals surface area contributed by atoms with Crippen LogP contribution in [0.4, 0.5) is 13.2 Å². The van der Waals surface area contributed by atoms with Gasteiger partial charge in [-0.15, -0.1) is 0 Å². The number of hydrogen-bond acceptors (Lipinski definition) is 4. The fourth-order valence-electron chi connectivity index (χ4n) is 3.28. The quantitative estimate of drug-likeness (QED) is 0.238. The Morgan fingerprint density at radius 3 is 2.49 bits per heavy atom. The van der Waals surface area contributed by atoms with E-state index in [0.29, 0.717) is 31.7 Å². The number of furan rings is 1. The molecule has 0 spiro atoms. The Kier molecular flexibility index (Phi) is 9.54. The van der Waals surface area contributed by atoms with E-state index in [2.05, 4.69) is 10.6 Å². The lowest BCUT2D eigenvalue weighted by molar-refractivity contribution is -0.137. The molecular weight excluding hydrogens is 509 g/mol. The Labute approximate surface area is 217 Å². The Hall–Kier alpha value is -3.56. The van der Waals surface area contributed by atoms with E-state index in [9.17, 15) is 22.8 Å². The van der Waals surface area contributed by atoms with Gasteiger partial charge in [-0.1, -0.05) is 29.3 Å². The van der Waals surface area contributed by atoms with Crippen molar-refractivity contribution in [2.75, 3.05) is 19.8 Å². The zero-order valence-electron chi connectivity index (χ0n) is 20.2. The van der Waals surface area contributed by atoms with Crippen molar-refractivity contribution in [3.63, 3.8) is 0 Å². The van der Waals surface area contributed by atoms with Crippen molar-refractivity contribution in [3.8, 4) is 11.3 Å². The second-order valence-corrected chi connectivity index (χ2v) is 8.49. The number of ether oxygens (including phenoxy) is 1. The maximum absolute atomic E-state index is 13.2. The van der Waals surface area contributed by atoms with Crippen LogP contribution in [0, 0.1) is 6.92 Å². The van der Waals surface area contributed by atoms with Crippen LogP contribution in [0.25, 0.3) is 17.4 Å². The molecule has 2 aromatic carbocycles. The first-order valence-electron chi connectivity index (χ1n) is 11.5. The SMILES string of the molecule is CCOCCCNC(=O)/C(=C\c1ccc(-c2cc(C(F)(F)F)ccc2Cl)o1)NC(=O)c1ccc(C)cc1. The molecule has 0 saturated heterocycles. The van der Waals surface area contributed by atoms with Gasteiger partial charge in [0.15, 0.2) is 0 Å². The van der Waals surface area contributed by atoms with Gasteiger partial charge in [0.05, 0.1) is 10.6 Å². The molecule has 1 aromatic heterocycles. The van der Waals surface area contributed by atoms with Crippen LogP contribution in [0.15, 0.2) is 64.7 Å². The molecule has 3 rings (SSSR count). The molecule has 2 amide bonds. The van der Waals surface area contributed by atoms with Gasteiger partial charge < -0.3 is 19.8 Å². The van der Waals surface area contributed by atoms with E-state index in [1.807, 2.05) is 13.8 Å². The van der Waals surface area contributed by atoms with Crippen molar-refractivity contribution < 1.29 is 31.9 Å². The van der Waals surface area contributed by atoms with E-state index in [1.165, 1.54) is 18.2 Å². The highest BCUT2D eigenvalue weighted by Crippen LogP contribution is 2.36. The molecule has 1 heterocycles. The number of amides is 2. The molecule has 0 saturated carbocycles. The molecule has 6 nitrogen and oxygen atoms in total. The number of halogens is 4. The third kappa shape index (κ3) is 7.96. The number of hydrogen-bond donors (Lipinski definition) is 2. The smallest absolute Gasteiger partial charge is 0.416 e. The Bertz CT molecular complexity index is 1270. The van der Waals surface area contributed by atoms with Crippen LogP contribution in [0.3, 0.4) is 0 Å². The van der Waals surface area contributed by atoms with E-state index >= 15 is 0 Å². The molecule has 196 valence electrons. The summed E-state index contributed by atoms with van der Waals surface area (Å²) in [5, 5.41) is 5.36. The molecule has 0 bridgehead atoms. The lowest BCUT2D eigenvalue weighted by Crippen LogP contribution is -2.35. The van der Waals surface area contributed by atoms with Crippen molar-refractivity contribution in [2.24, 2.45) is 0 Å². The predicted octanol–water partition coefficient (Wildman–Crippen LogP) is 6.24. The standard InChI is InChI=1S/C27H26ClF3N2O4/c1-3-36-14-4-13-32-26(35)23(33-25(34)18-7-5-17(2)6-8-18)16-20-10-12-24(37-20)21-15-19(27(29,30)31)9-11-22(21)28/h5-12,15-16H,3-4,13-14H2,1-2H3,(H,32,35)(H,33,34)/b23-16+. The summed E-state index contributed by atoms with van der Waals surface area (Å²) in [4.78, 5) is 25.6. The Balaban J connectivity index is 1.87. The highest BCUT2D eigenvalue weighted by atomic mass is 35.5. The third-order valence-electron chi connectivity index (χ3n) is 5.23. The number of benzene rings is 2. The molecule has 0 aliphatic heterocycles. The number of alkyl halides is 3. The largest absolute Gasteiger partial charge is 0.457 e. The van der Waals surface area contributed by atoms with Gasteiger partial charge >= 0.3 is 6.18 Å². The lowest BCUT2D eigenvalue weighted by atomic mass is 10.1. The summed E-state index contributed by atoms with van der Waals surface area (Å²) in [6.45, 7) is 5.07. The van der Waals surface area contributed by atoms with Gasteiger partial charge in [0.2, 0.25) is 0 Å². The van der Waals surface area contributed by atoms with E-state index in [0.717, 1.165) is 23.8 Å². The van der Waals surface area contributed by atoms with Crippen LogP contribution >= 0.6 is 11.6 Å². The number of carbonyl (C=O) groups is 2. The molecule has 37 heavy (non-hydrogen) atoms. The fraction of sp³-hybridized carbons (Fsp3) is 0.259. The van der Waals surface area contributed by atoms with Crippen molar-refractivity contribution in [3.05, 3.63) is 87.8 Å². The van der Waals surface area contributed by atoms with Crippen molar-refractivity contribution in [1.29, 1.82) is 0 Å². The highest BCUT2D eigenvalue weighted by molar-refractivity contribution is 6.33. The number of aryl methyl sites for hydroxylation is 1. The first-order chi connectivity index (χ1) is 17.6. The van der Waals surface area contributed by atoms with E-state index in [1.54, 1.807) is 24.3 Å². The lowest BCUT2D eigenvalue weighted by Gasteiger charge is -2.11. The van der Waals surface area contributed by atoms with E-state index in [-0.39, 0.29) is 27.8 Å². The summed E-state index contributed by atoms with van der Waals surface area (Å²) < 4.78 is 50.4. The minimum Gasteiger partial charge on any atom is -0.457 e. The van der Waals surface area contributed by atoms with Crippen LogP contribution < -0.4 is 10.6 Å². The molecular formula is C27H26ClF3N2O4. The average molecular weight is 535 g/mol. The monoisotopic (exact) mass is 534 g/mol. The molecule has 10 heteroatoms. The van der Waals surface area contributed by atoms with Crippen LogP contribution in [0.2, 0.25) is 5.02 Å². The molecule has 0 radical (unpaired) electrons. The average Bonchev–Trinajstić information content (AvgIpc) is 3.31. The minimum absolute atomic E-state index is 0.0433. The third-order valence-corrected chi connectivity index (χ3v) is 5.56. The van der Waals surface area contributed by atoms with Crippen LogP contribution in [-0.2, 0) is 15.7 Å². The van der Waals surface area contributed by atoms with Gasteiger partial charge in [-0.05, 0) is 62.7 Å². The maximum atomic E-state index is 13.2. The molecule has 0 aliphatic rings. The summed E-state index contributed by atoms with van der Waals surface area (Å²) in [7, 11) is 0. The first-order valence-corrected chi connectivity index (χ1v) is 11.9. The zero-order valence-corrected chi connectivity index (χ0v) is 21.0. The summed E-state index contributed by atoms with van der Waals surface area (Å²) in [5.74, 6) is -0.869. The van der Waals surface area contributed by atoms with Crippen molar-refractivity contribution in [1.82, 2.24) is 10.6 Å². The number of carbonyl (C=O) groups excluding carboxylic acids is 2. The van der Waals surface area contributed by atoms with Gasteiger partial charge in [0, 0.05) is 37.0 Å². The van der Waals surface area contributed by atoms with Crippen LogP contribution in [0.1, 0.15) is 40.6 Å². The predicted molar refractivity (Wildman–Crippen MR) is 135 cm³/mol. The highest BCUT2D eigenvalue weighted by Gasteiger charge is 2.31. The molecule has 2 N–H and O–H groups in total. The van der Waals surface area contributed by atoms with E-state index < -0.39 is 23.6 Å². The second-order valence-electron chi connectivity index (χ2n) is 8.08. The van der Waals surface area contributed by atoms with E-state index in [4.69, 9.17) is 20.8 Å². The van der Waals surface area contributed by atoms with Crippen molar-refractivity contribution >= 4 is 29.5 Å². The zero-order chi connectivity index (χ0) is 27.0. The summed E-state index contributed by atoms with van der Waals surface area (Å²) in [6.07, 6.45) is -2.69. The molecule has 0 fully saturated rings. The minimum atomic E-state index is -4.55. The summed E-state index contributed by atoms with van der Waals surface area (Å²) in [6, 6.07) is 12.6. The maximum Gasteiger partial charge on any atom is 0.416 e. The van der Waals surface area contributed by atoms with Crippen LogP contribution in [-0.4, -0.2) is 31.6 Å². The number of nitrogens with one attached hydrogen (secondary N) is 2. The normalized spacial score (nSPS) is 11.9. The molecule has 0 atom stereocenters. The van der Waals surface area contributed by atoms with Crippen LogP contribution in [0.5, 0.6) is 0 Å². The number of rotatable bonds is 10. The van der Waals surface area contributed by atoms with Gasteiger partial charge in [0.25, 0.3) is 11.8 Å². The van der Waals surface area contributed by atoms with Gasteiger partial charge in [-0.3, -0.25) is 9.59 Å². The molecule has 0 unspecified atom stereocenters. The van der Waals surface area contributed by atoms with Gasteiger partial charge in [-0.2, -0.15) is 13.2 Å². The fourth-order valence-corrected chi connectivity index (χ4v) is 3.49. The Morgan fingerprint density at radius 2 is 1.81 bits per heavy atom. The topological polar surface area (TPSA) is 80.6 Å². The second kappa shape index (κ2) is 12.6. The van der Waals surface area contributed by atoms with Gasteiger partial charge in [-0.25, -0.2) is 0 Å².